The molecule has 0 bridgehead atoms. The van der Waals surface area contributed by atoms with E-state index in [1.165, 1.54) is 0 Å². The average Bonchev–Trinajstić information content (AvgIpc) is 2.40. The van der Waals surface area contributed by atoms with Gasteiger partial charge in [0.15, 0.2) is 16.9 Å². The highest BCUT2D eigenvalue weighted by Crippen LogP contribution is 2.17. The molecule has 0 saturated heterocycles. The lowest BCUT2D eigenvalue weighted by Crippen LogP contribution is -2.48. The second-order valence-electron chi connectivity index (χ2n) is 3.71. The van der Waals surface area contributed by atoms with Gasteiger partial charge >= 0.3 is 0 Å². The SMILES string of the molecule is NC(=NCc1nc(Cl)c(N)nc1N)NC(=O)C(N)CO. The number of guanidine groups is 1. The summed E-state index contributed by atoms with van der Waals surface area (Å²) in [5.74, 6) is -0.801. The van der Waals surface area contributed by atoms with Gasteiger partial charge in [0.25, 0.3) is 0 Å². The fourth-order valence-corrected chi connectivity index (χ4v) is 1.24. The van der Waals surface area contributed by atoms with Gasteiger partial charge in [-0.15, -0.1) is 0 Å². The molecule has 10 N–H and O–H groups in total. The highest BCUT2D eigenvalue weighted by Gasteiger charge is 2.13. The minimum Gasteiger partial charge on any atom is -0.394 e. The molecule has 10 nitrogen and oxygen atoms in total. The molecule has 0 radical (unpaired) electrons. The smallest absolute Gasteiger partial charge is 0.245 e. The first-order chi connectivity index (χ1) is 9.35. The largest absolute Gasteiger partial charge is 0.394 e. The van der Waals surface area contributed by atoms with E-state index in [0.717, 1.165) is 0 Å². The summed E-state index contributed by atoms with van der Waals surface area (Å²) >= 11 is 5.70. The number of nitrogens with zero attached hydrogens (tertiary/aromatic N) is 3. The monoisotopic (exact) mass is 302 g/mol. The summed E-state index contributed by atoms with van der Waals surface area (Å²) in [6.07, 6.45) is 0. The van der Waals surface area contributed by atoms with Crippen molar-refractivity contribution in [2.75, 3.05) is 18.1 Å². The van der Waals surface area contributed by atoms with Gasteiger partial charge in [-0.05, 0) is 0 Å². The predicted octanol–water partition coefficient (Wildman–Crippen LogP) is -2.46. The number of halogens is 1. The number of carbonyl (C=O) groups excluding carboxylic acids is 1. The number of amides is 1. The number of nitrogens with one attached hydrogen (secondary N) is 1. The number of hydrogen-bond acceptors (Lipinski definition) is 8. The zero-order chi connectivity index (χ0) is 15.3. The number of aliphatic imine (C=N–C) groups is 1. The molecule has 0 aliphatic heterocycles. The minimum absolute atomic E-state index is 0.00527. The lowest BCUT2D eigenvalue weighted by Gasteiger charge is -2.09. The number of anilines is 2. The standard InChI is InChI=1S/C9H15ClN8O2/c10-5-7(13)17-6(12)4(16-5)1-15-9(14)18-8(20)3(11)2-19/h3,19H,1-2,11H2,(H4,12,13,17)(H3,14,15,18,20). The van der Waals surface area contributed by atoms with E-state index in [1.54, 1.807) is 0 Å². The summed E-state index contributed by atoms with van der Waals surface area (Å²) in [7, 11) is 0. The average molecular weight is 303 g/mol. The molecule has 11 heteroatoms. The number of nitrogens with two attached hydrogens (primary N) is 4. The van der Waals surface area contributed by atoms with Crippen LogP contribution < -0.4 is 28.3 Å². The molecule has 1 aromatic rings. The van der Waals surface area contributed by atoms with Gasteiger partial charge in [-0.2, -0.15) is 0 Å². The number of rotatable bonds is 4. The Bertz CT molecular complexity index is 535. The van der Waals surface area contributed by atoms with Gasteiger partial charge in [-0.25, -0.2) is 15.0 Å². The number of aliphatic hydroxyl groups is 1. The highest BCUT2D eigenvalue weighted by atomic mass is 35.5. The molecule has 110 valence electrons. The fourth-order valence-electron chi connectivity index (χ4n) is 1.09. The van der Waals surface area contributed by atoms with Gasteiger partial charge in [0.2, 0.25) is 5.91 Å². The Morgan fingerprint density at radius 3 is 2.65 bits per heavy atom. The zero-order valence-corrected chi connectivity index (χ0v) is 11.1. The van der Waals surface area contributed by atoms with Crippen LogP contribution in [0, 0.1) is 0 Å². The van der Waals surface area contributed by atoms with E-state index < -0.39 is 18.6 Å². The van der Waals surface area contributed by atoms with Crippen molar-refractivity contribution in [2.45, 2.75) is 12.6 Å². The summed E-state index contributed by atoms with van der Waals surface area (Å²) in [5.41, 5.74) is 22.0. The zero-order valence-electron chi connectivity index (χ0n) is 10.4. The van der Waals surface area contributed by atoms with Crippen molar-refractivity contribution in [2.24, 2.45) is 16.5 Å². The molecule has 1 heterocycles. The van der Waals surface area contributed by atoms with Crippen molar-refractivity contribution in [3.05, 3.63) is 10.8 Å². The maximum absolute atomic E-state index is 11.3. The summed E-state index contributed by atoms with van der Waals surface area (Å²) in [6, 6.07) is -1.08. The molecule has 0 aliphatic rings. The third-order valence-corrected chi connectivity index (χ3v) is 2.44. The first kappa shape index (κ1) is 15.9. The first-order valence-electron chi connectivity index (χ1n) is 5.39. The molecular weight excluding hydrogens is 288 g/mol. The Balaban J connectivity index is 2.72. The molecule has 0 spiro atoms. The van der Waals surface area contributed by atoms with Crippen molar-refractivity contribution in [1.29, 1.82) is 0 Å². The normalized spacial score (nSPS) is 13.1. The van der Waals surface area contributed by atoms with Crippen LogP contribution in [0.25, 0.3) is 0 Å². The molecule has 0 aromatic carbocycles. The van der Waals surface area contributed by atoms with Gasteiger partial charge in [0.1, 0.15) is 17.6 Å². The van der Waals surface area contributed by atoms with Crippen molar-refractivity contribution in [3.8, 4) is 0 Å². The Labute approximate surface area is 119 Å². The van der Waals surface area contributed by atoms with Crippen LogP contribution in [0.5, 0.6) is 0 Å². The third kappa shape index (κ3) is 4.19. The minimum atomic E-state index is -1.08. The summed E-state index contributed by atoms with van der Waals surface area (Å²) < 4.78 is 0. The first-order valence-corrected chi connectivity index (χ1v) is 5.77. The molecule has 1 rings (SSSR count). The molecule has 1 unspecified atom stereocenters. The molecule has 1 atom stereocenters. The van der Waals surface area contributed by atoms with Gasteiger partial charge < -0.3 is 28.0 Å². The number of aliphatic hydroxyl groups excluding tert-OH is 1. The summed E-state index contributed by atoms with van der Waals surface area (Å²) in [5, 5.41) is 10.9. The van der Waals surface area contributed by atoms with Gasteiger partial charge in [0.05, 0.1) is 13.2 Å². The maximum Gasteiger partial charge on any atom is 0.245 e. The van der Waals surface area contributed by atoms with Crippen LogP contribution >= 0.6 is 11.6 Å². The van der Waals surface area contributed by atoms with Gasteiger partial charge in [0, 0.05) is 0 Å². The van der Waals surface area contributed by atoms with E-state index in [9.17, 15) is 4.79 Å². The molecule has 0 fully saturated rings. The molecule has 1 amide bonds. The van der Waals surface area contributed by atoms with Crippen molar-refractivity contribution >= 4 is 35.1 Å². The number of nitrogen functional groups attached to an aromatic ring is 2. The van der Waals surface area contributed by atoms with E-state index in [-0.39, 0.29) is 35.0 Å². The lowest BCUT2D eigenvalue weighted by molar-refractivity contribution is -0.121. The second-order valence-corrected chi connectivity index (χ2v) is 4.07. The Morgan fingerprint density at radius 1 is 1.40 bits per heavy atom. The van der Waals surface area contributed by atoms with Gasteiger partial charge in [-0.3, -0.25) is 10.1 Å². The highest BCUT2D eigenvalue weighted by molar-refractivity contribution is 6.31. The van der Waals surface area contributed by atoms with Crippen LogP contribution in [0.4, 0.5) is 11.6 Å². The van der Waals surface area contributed by atoms with Crippen molar-refractivity contribution < 1.29 is 9.90 Å². The molecule has 1 aromatic heterocycles. The van der Waals surface area contributed by atoms with Crippen LogP contribution in [0.2, 0.25) is 5.15 Å². The fraction of sp³-hybridized carbons (Fsp3) is 0.333. The van der Waals surface area contributed by atoms with E-state index in [4.69, 9.17) is 39.6 Å². The molecule has 20 heavy (non-hydrogen) atoms. The number of carbonyl (C=O) groups is 1. The Kier molecular flexibility index (Phi) is 5.43. The van der Waals surface area contributed by atoms with Crippen LogP contribution in [-0.2, 0) is 11.3 Å². The molecular formula is C9H15ClN8O2. The van der Waals surface area contributed by atoms with Crippen LogP contribution in [0.1, 0.15) is 5.69 Å². The van der Waals surface area contributed by atoms with Crippen molar-refractivity contribution in [3.63, 3.8) is 0 Å². The lowest BCUT2D eigenvalue weighted by atomic mass is 10.3. The van der Waals surface area contributed by atoms with Crippen LogP contribution in [0.3, 0.4) is 0 Å². The summed E-state index contributed by atoms with van der Waals surface area (Å²) in [4.78, 5) is 22.8. The van der Waals surface area contributed by atoms with E-state index in [2.05, 4.69) is 20.3 Å². The van der Waals surface area contributed by atoms with Gasteiger partial charge in [-0.1, -0.05) is 11.6 Å². The second kappa shape index (κ2) is 6.84. The molecule has 0 saturated carbocycles. The van der Waals surface area contributed by atoms with Crippen LogP contribution in [0.15, 0.2) is 4.99 Å². The Morgan fingerprint density at radius 2 is 2.05 bits per heavy atom. The van der Waals surface area contributed by atoms with E-state index in [0.29, 0.717) is 0 Å². The number of aromatic nitrogens is 2. The summed E-state index contributed by atoms with van der Waals surface area (Å²) in [6.45, 7) is -0.565. The quantitative estimate of drug-likeness (QED) is 0.260. The number of hydrogen-bond donors (Lipinski definition) is 6. The maximum atomic E-state index is 11.3. The van der Waals surface area contributed by atoms with Crippen LogP contribution in [-0.4, -0.2) is 39.6 Å². The Hall–Kier alpha value is -2.17. The predicted molar refractivity (Wildman–Crippen MR) is 74.4 cm³/mol. The van der Waals surface area contributed by atoms with E-state index >= 15 is 0 Å². The van der Waals surface area contributed by atoms with Crippen molar-refractivity contribution in [1.82, 2.24) is 15.3 Å². The van der Waals surface area contributed by atoms with E-state index in [1.807, 2.05) is 0 Å². The third-order valence-electron chi connectivity index (χ3n) is 2.16. The molecule has 0 aliphatic carbocycles. The topological polar surface area (TPSA) is 192 Å².